The smallest absolute Gasteiger partial charge is 0.422 e. The number of carbonyl (C=O) groups is 2. The number of benzene rings is 2. The fourth-order valence-corrected chi connectivity index (χ4v) is 6.90. The van der Waals surface area contributed by atoms with Gasteiger partial charge in [-0.1, -0.05) is 23.8 Å². The SMILES string of the molecule is Cc1ccc(Oc2ccc(C(=O)C3CCC(CN4C=C5C(OCC(F)(F)F)=C(C(=O)NCCOCC6CC6)C=CC5C4C)CC3)cc2)cc1. The summed E-state index contributed by atoms with van der Waals surface area (Å²) in [5, 5.41) is 2.77. The molecule has 1 N–H and O–H groups in total. The minimum atomic E-state index is -4.54. The first kappa shape index (κ1) is 34.8. The third-order valence-corrected chi connectivity index (χ3v) is 9.97. The third kappa shape index (κ3) is 9.15. The summed E-state index contributed by atoms with van der Waals surface area (Å²) in [5.74, 6) is 1.76. The Hall–Kier alpha value is -4.05. The van der Waals surface area contributed by atoms with Crippen molar-refractivity contribution in [1.82, 2.24) is 10.2 Å². The lowest BCUT2D eigenvalue weighted by Crippen LogP contribution is -2.35. The van der Waals surface area contributed by atoms with Gasteiger partial charge in [-0.05, 0) is 107 Å². The van der Waals surface area contributed by atoms with E-state index in [0.717, 1.165) is 49.8 Å². The Morgan fingerprint density at radius 2 is 1.57 bits per heavy atom. The molecule has 49 heavy (non-hydrogen) atoms. The van der Waals surface area contributed by atoms with Gasteiger partial charge in [0.1, 0.15) is 17.3 Å². The molecular formula is C39H45F3N2O5. The van der Waals surface area contributed by atoms with Crippen LogP contribution in [0.25, 0.3) is 0 Å². The van der Waals surface area contributed by atoms with Crippen molar-refractivity contribution in [2.45, 2.75) is 64.6 Å². The molecule has 6 rings (SSSR count). The number of amides is 1. The molecule has 0 aromatic heterocycles. The number of Topliss-reactive ketones (excluding diaryl/α,β-unsaturated/α-hetero) is 1. The molecule has 0 spiro atoms. The van der Waals surface area contributed by atoms with Crippen LogP contribution in [-0.4, -0.2) is 61.7 Å². The van der Waals surface area contributed by atoms with E-state index < -0.39 is 18.7 Å². The zero-order chi connectivity index (χ0) is 34.5. The van der Waals surface area contributed by atoms with Crippen LogP contribution in [0.3, 0.4) is 0 Å². The van der Waals surface area contributed by atoms with E-state index in [-0.39, 0.29) is 41.5 Å². The fourth-order valence-electron chi connectivity index (χ4n) is 6.90. The molecule has 2 unspecified atom stereocenters. The van der Waals surface area contributed by atoms with E-state index in [1.807, 2.05) is 74.7 Å². The molecule has 2 aromatic carbocycles. The molecule has 7 nitrogen and oxygen atoms in total. The molecule has 2 fully saturated rings. The molecule has 2 atom stereocenters. The van der Waals surface area contributed by atoms with Crippen LogP contribution in [0.15, 0.2) is 83.8 Å². The molecule has 0 saturated heterocycles. The largest absolute Gasteiger partial charge is 0.483 e. The van der Waals surface area contributed by atoms with Gasteiger partial charge in [-0.15, -0.1) is 0 Å². The molecular weight excluding hydrogens is 633 g/mol. The molecule has 10 heteroatoms. The fraction of sp³-hybridized carbons (Fsp3) is 0.487. The first-order chi connectivity index (χ1) is 23.5. The standard InChI is InChI=1S/C39H45F3N2O5/c1-25-3-13-31(14-4-25)49-32-15-11-30(12-16-32)36(45)29-9-7-27(8-10-29)21-44-22-35-33(26(44)2)17-18-34(37(35)48-24-39(40,41)42)38(46)43-19-20-47-23-28-5-6-28/h3-4,11-18,22,26-29,33H,5-10,19-21,23-24H2,1-2H3,(H,43,46). The van der Waals surface area contributed by atoms with Crippen molar-refractivity contribution < 1.29 is 37.0 Å². The second-order valence-corrected chi connectivity index (χ2v) is 13.8. The predicted octanol–water partition coefficient (Wildman–Crippen LogP) is 7.93. The van der Waals surface area contributed by atoms with Crippen molar-refractivity contribution >= 4 is 11.7 Å². The molecule has 3 aliphatic carbocycles. The molecule has 4 aliphatic rings. The van der Waals surface area contributed by atoms with Crippen molar-refractivity contribution in [3.05, 3.63) is 94.9 Å². The van der Waals surface area contributed by atoms with Crippen molar-refractivity contribution in [2.75, 3.05) is 32.9 Å². The van der Waals surface area contributed by atoms with Crippen LogP contribution in [0.4, 0.5) is 13.2 Å². The topological polar surface area (TPSA) is 77.1 Å². The van der Waals surface area contributed by atoms with Gasteiger partial charge in [0.15, 0.2) is 12.4 Å². The van der Waals surface area contributed by atoms with E-state index in [1.54, 1.807) is 6.08 Å². The number of carbonyl (C=O) groups excluding carboxylic acids is 2. The summed E-state index contributed by atoms with van der Waals surface area (Å²) in [4.78, 5) is 28.6. The number of fused-ring (bicyclic) bond motifs is 1. The number of aryl methyl sites for hydroxylation is 1. The second kappa shape index (κ2) is 15.2. The van der Waals surface area contributed by atoms with Crippen LogP contribution in [0, 0.1) is 30.6 Å². The molecule has 1 aliphatic heterocycles. The number of nitrogens with one attached hydrogen (secondary N) is 1. The predicted molar refractivity (Wildman–Crippen MR) is 180 cm³/mol. The number of ether oxygens (including phenoxy) is 3. The van der Waals surface area contributed by atoms with E-state index in [0.29, 0.717) is 48.5 Å². The van der Waals surface area contributed by atoms with Crippen molar-refractivity contribution in [2.24, 2.45) is 23.7 Å². The Labute approximate surface area is 286 Å². The van der Waals surface area contributed by atoms with Crippen molar-refractivity contribution in [3.8, 4) is 11.5 Å². The molecule has 1 amide bonds. The maximum Gasteiger partial charge on any atom is 0.422 e. The van der Waals surface area contributed by atoms with E-state index >= 15 is 0 Å². The van der Waals surface area contributed by atoms with Crippen LogP contribution < -0.4 is 10.1 Å². The minimum absolute atomic E-state index is 0.0137. The maximum atomic E-state index is 13.4. The molecule has 262 valence electrons. The maximum absolute atomic E-state index is 13.4. The number of nitrogens with zero attached hydrogens (tertiary/aromatic N) is 1. The van der Waals surface area contributed by atoms with Gasteiger partial charge < -0.3 is 24.4 Å². The number of allylic oxidation sites excluding steroid dienone is 1. The number of alkyl halides is 3. The van der Waals surface area contributed by atoms with Gasteiger partial charge in [0.05, 0.1) is 12.2 Å². The van der Waals surface area contributed by atoms with Gasteiger partial charge >= 0.3 is 6.18 Å². The van der Waals surface area contributed by atoms with E-state index in [9.17, 15) is 22.8 Å². The number of ketones is 1. The summed E-state index contributed by atoms with van der Waals surface area (Å²) in [6, 6.07) is 15.1. The Bertz CT molecular complexity index is 1570. The van der Waals surface area contributed by atoms with Gasteiger partial charge in [0.25, 0.3) is 5.91 Å². The van der Waals surface area contributed by atoms with Gasteiger partial charge in [-0.2, -0.15) is 13.2 Å². The lowest BCUT2D eigenvalue weighted by atomic mass is 9.78. The quantitative estimate of drug-likeness (QED) is 0.162. The summed E-state index contributed by atoms with van der Waals surface area (Å²) < 4.78 is 56.6. The van der Waals surface area contributed by atoms with E-state index in [2.05, 4.69) is 10.2 Å². The van der Waals surface area contributed by atoms with E-state index in [1.165, 1.54) is 0 Å². The number of halogens is 3. The van der Waals surface area contributed by atoms with Crippen LogP contribution in [0.1, 0.15) is 61.4 Å². The summed E-state index contributed by atoms with van der Waals surface area (Å²) in [6.07, 6.45) is 6.45. The lowest BCUT2D eigenvalue weighted by Gasteiger charge is -2.34. The van der Waals surface area contributed by atoms with Crippen molar-refractivity contribution in [1.29, 1.82) is 0 Å². The number of hydrogen-bond donors (Lipinski definition) is 1. The Balaban J connectivity index is 1.04. The summed E-state index contributed by atoms with van der Waals surface area (Å²) in [5.41, 5.74) is 2.52. The summed E-state index contributed by atoms with van der Waals surface area (Å²) in [7, 11) is 0. The highest BCUT2D eigenvalue weighted by Crippen LogP contribution is 2.42. The van der Waals surface area contributed by atoms with Crippen LogP contribution in [0.2, 0.25) is 0 Å². The average Bonchev–Trinajstić information content (AvgIpc) is 3.86. The highest BCUT2D eigenvalue weighted by Gasteiger charge is 2.40. The van der Waals surface area contributed by atoms with Gasteiger partial charge in [0, 0.05) is 54.9 Å². The van der Waals surface area contributed by atoms with Crippen LogP contribution in [0.5, 0.6) is 11.5 Å². The van der Waals surface area contributed by atoms with Gasteiger partial charge in [-0.3, -0.25) is 9.59 Å². The molecule has 2 aromatic rings. The number of hydrogen-bond acceptors (Lipinski definition) is 6. The lowest BCUT2D eigenvalue weighted by molar-refractivity contribution is -0.164. The summed E-state index contributed by atoms with van der Waals surface area (Å²) in [6.45, 7) is 4.58. The highest BCUT2D eigenvalue weighted by atomic mass is 19.4. The molecule has 0 radical (unpaired) electrons. The zero-order valence-electron chi connectivity index (χ0n) is 28.1. The normalized spacial score (nSPS) is 23.6. The zero-order valence-corrected chi connectivity index (χ0v) is 28.1. The second-order valence-electron chi connectivity index (χ2n) is 13.8. The summed E-state index contributed by atoms with van der Waals surface area (Å²) >= 11 is 0. The number of rotatable bonds is 14. The Kier molecular flexibility index (Phi) is 10.8. The first-order valence-corrected chi connectivity index (χ1v) is 17.4. The minimum Gasteiger partial charge on any atom is -0.483 e. The van der Waals surface area contributed by atoms with Crippen LogP contribution in [-0.2, 0) is 14.3 Å². The van der Waals surface area contributed by atoms with Gasteiger partial charge in [0.2, 0.25) is 0 Å². The first-order valence-electron chi connectivity index (χ1n) is 17.4. The Morgan fingerprint density at radius 1 is 0.918 bits per heavy atom. The monoisotopic (exact) mass is 678 g/mol. The molecule has 2 saturated carbocycles. The highest BCUT2D eigenvalue weighted by molar-refractivity contribution is 5.98. The molecule has 1 heterocycles. The van der Waals surface area contributed by atoms with Gasteiger partial charge in [-0.25, -0.2) is 0 Å². The van der Waals surface area contributed by atoms with Crippen molar-refractivity contribution in [3.63, 3.8) is 0 Å². The third-order valence-electron chi connectivity index (χ3n) is 9.97. The van der Waals surface area contributed by atoms with Crippen LogP contribution >= 0.6 is 0 Å². The molecule has 0 bridgehead atoms. The van der Waals surface area contributed by atoms with E-state index in [4.69, 9.17) is 14.2 Å². The average molecular weight is 679 g/mol. The Morgan fingerprint density at radius 3 is 2.22 bits per heavy atom.